The molecule has 1 aromatic heterocycles. The van der Waals surface area contributed by atoms with E-state index in [1.165, 1.54) is 6.20 Å². The second-order valence-electron chi connectivity index (χ2n) is 6.88. The molecule has 7 heteroatoms. The molecule has 1 aromatic carbocycles. The molecule has 2 aromatic rings. The van der Waals surface area contributed by atoms with Crippen LogP contribution in [0.15, 0.2) is 36.5 Å². The van der Waals surface area contributed by atoms with Gasteiger partial charge < -0.3 is 10.1 Å². The number of ether oxygens (including phenoxy) is 1. The van der Waals surface area contributed by atoms with Gasteiger partial charge in [0, 0.05) is 36.3 Å². The van der Waals surface area contributed by atoms with Crippen LogP contribution in [0.1, 0.15) is 40.0 Å². The van der Waals surface area contributed by atoms with E-state index in [-0.39, 0.29) is 30.6 Å². The predicted octanol–water partition coefficient (Wildman–Crippen LogP) is 3.49. The average molecular weight is 388 g/mol. The van der Waals surface area contributed by atoms with Crippen LogP contribution in [0.5, 0.6) is 5.75 Å². The molecule has 1 N–H and O–H groups in total. The maximum absolute atomic E-state index is 12.5. The van der Waals surface area contributed by atoms with Gasteiger partial charge >= 0.3 is 0 Å². The number of amides is 1. The molecule has 0 atom stereocenters. The number of hydrogen-bond donors (Lipinski definition) is 1. The van der Waals surface area contributed by atoms with Crippen LogP contribution in [0.4, 0.5) is 8.78 Å². The van der Waals surface area contributed by atoms with E-state index in [0.29, 0.717) is 22.6 Å². The van der Waals surface area contributed by atoms with Crippen LogP contribution in [0.2, 0.25) is 0 Å². The minimum Gasteiger partial charge on any atom is -0.487 e. The van der Waals surface area contributed by atoms with Crippen molar-refractivity contribution in [3.8, 4) is 5.75 Å². The average Bonchev–Trinajstić information content (AvgIpc) is 3.51. The summed E-state index contributed by atoms with van der Waals surface area (Å²) in [4.78, 5) is 28.6. The quantitative estimate of drug-likeness (QED) is 0.714. The van der Waals surface area contributed by atoms with Crippen LogP contribution in [0.3, 0.4) is 0 Å². The maximum atomic E-state index is 12.5. The first-order valence-electron chi connectivity index (χ1n) is 9.19. The zero-order valence-corrected chi connectivity index (χ0v) is 15.6. The molecule has 0 unspecified atom stereocenters. The third kappa shape index (κ3) is 5.34. The highest BCUT2D eigenvalue weighted by Crippen LogP contribution is 2.30. The van der Waals surface area contributed by atoms with Crippen LogP contribution in [-0.4, -0.2) is 29.7 Å². The summed E-state index contributed by atoms with van der Waals surface area (Å²) < 4.78 is 29.8. The van der Waals surface area contributed by atoms with Gasteiger partial charge in [0.25, 0.3) is 12.3 Å². The van der Waals surface area contributed by atoms with Crippen LogP contribution in [0, 0.1) is 12.8 Å². The van der Waals surface area contributed by atoms with E-state index >= 15 is 0 Å². The largest absolute Gasteiger partial charge is 0.487 e. The molecule has 0 spiro atoms. The fourth-order valence-electron chi connectivity index (χ4n) is 2.88. The minimum absolute atomic E-state index is 0.154. The Morgan fingerprint density at radius 1 is 1.29 bits per heavy atom. The van der Waals surface area contributed by atoms with Gasteiger partial charge in [-0.05, 0) is 49.1 Å². The first-order chi connectivity index (χ1) is 13.4. The molecule has 0 radical (unpaired) electrons. The highest BCUT2D eigenvalue weighted by molar-refractivity contribution is 5.94. The number of carbonyl (C=O) groups is 2. The van der Waals surface area contributed by atoms with Crippen molar-refractivity contribution < 1.29 is 23.1 Å². The SMILES string of the molecule is Cc1c(CNC(=O)c2ccnc(CC(=O)C3CC3)c2)cccc1OCC(F)F. The molecule has 1 aliphatic carbocycles. The van der Waals surface area contributed by atoms with Gasteiger partial charge in [0.05, 0.1) is 0 Å². The topological polar surface area (TPSA) is 68.3 Å². The first-order valence-corrected chi connectivity index (χ1v) is 9.19. The number of nitrogens with one attached hydrogen (secondary N) is 1. The van der Waals surface area contributed by atoms with Gasteiger partial charge in [-0.3, -0.25) is 14.6 Å². The van der Waals surface area contributed by atoms with Gasteiger partial charge in [-0.15, -0.1) is 0 Å². The number of rotatable bonds is 9. The molecule has 0 bridgehead atoms. The Balaban J connectivity index is 1.61. The summed E-state index contributed by atoms with van der Waals surface area (Å²) in [6.07, 6.45) is 1.11. The van der Waals surface area contributed by atoms with Gasteiger partial charge in [0.2, 0.25) is 0 Å². The summed E-state index contributed by atoms with van der Waals surface area (Å²) in [5, 5.41) is 2.81. The summed E-state index contributed by atoms with van der Waals surface area (Å²) in [5.74, 6) is 0.403. The third-order valence-corrected chi connectivity index (χ3v) is 4.67. The van der Waals surface area contributed by atoms with E-state index in [1.54, 1.807) is 37.3 Å². The highest BCUT2D eigenvalue weighted by Gasteiger charge is 2.29. The van der Waals surface area contributed by atoms with Crippen molar-refractivity contribution in [1.82, 2.24) is 10.3 Å². The normalized spacial score (nSPS) is 13.4. The molecule has 148 valence electrons. The molecular formula is C21H22F2N2O3. The first kappa shape index (κ1) is 19.9. The second kappa shape index (κ2) is 8.91. The Hall–Kier alpha value is -2.83. The monoisotopic (exact) mass is 388 g/mol. The van der Waals surface area contributed by atoms with Gasteiger partial charge in [0.1, 0.15) is 18.1 Å². The van der Waals surface area contributed by atoms with Gasteiger partial charge in [-0.2, -0.15) is 0 Å². The van der Waals surface area contributed by atoms with E-state index in [9.17, 15) is 18.4 Å². The van der Waals surface area contributed by atoms with Crippen molar-refractivity contribution in [2.75, 3.05) is 6.61 Å². The van der Waals surface area contributed by atoms with Crippen molar-refractivity contribution in [3.63, 3.8) is 0 Å². The van der Waals surface area contributed by atoms with E-state index < -0.39 is 13.0 Å². The summed E-state index contributed by atoms with van der Waals surface area (Å²) in [6.45, 7) is 1.32. The minimum atomic E-state index is -2.55. The molecule has 1 fully saturated rings. The van der Waals surface area contributed by atoms with E-state index in [2.05, 4.69) is 10.3 Å². The van der Waals surface area contributed by atoms with Crippen LogP contribution >= 0.6 is 0 Å². The number of pyridine rings is 1. The molecule has 0 saturated heterocycles. The van der Waals surface area contributed by atoms with Gasteiger partial charge in [0.15, 0.2) is 0 Å². The fourth-order valence-corrected chi connectivity index (χ4v) is 2.88. The number of halogens is 2. The van der Waals surface area contributed by atoms with E-state index in [4.69, 9.17) is 4.74 Å². The number of benzene rings is 1. The Bertz CT molecular complexity index is 866. The van der Waals surface area contributed by atoms with Crippen molar-refractivity contribution in [1.29, 1.82) is 0 Å². The molecular weight excluding hydrogens is 366 g/mol. The molecule has 1 heterocycles. The Morgan fingerprint density at radius 3 is 2.79 bits per heavy atom. The maximum Gasteiger partial charge on any atom is 0.272 e. The van der Waals surface area contributed by atoms with Crippen LogP contribution in [-0.2, 0) is 17.8 Å². The summed E-state index contributed by atoms with van der Waals surface area (Å²) in [7, 11) is 0. The molecule has 1 amide bonds. The number of aromatic nitrogens is 1. The molecule has 3 rings (SSSR count). The number of alkyl halides is 2. The lowest BCUT2D eigenvalue weighted by molar-refractivity contribution is -0.119. The lowest BCUT2D eigenvalue weighted by atomic mass is 10.1. The van der Waals surface area contributed by atoms with E-state index in [0.717, 1.165) is 18.4 Å². The Morgan fingerprint density at radius 2 is 2.07 bits per heavy atom. The lowest BCUT2D eigenvalue weighted by Gasteiger charge is -2.13. The fraction of sp³-hybridized carbons (Fsp3) is 0.381. The molecule has 1 saturated carbocycles. The number of carbonyl (C=O) groups excluding carboxylic acids is 2. The lowest BCUT2D eigenvalue weighted by Crippen LogP contribution is -2.23. The van der Waals surface area contributed by atoms with Crippen molar-refractivity contribution in [3.05, 3.63) is 58.9 Å². The summed E-state index contributed by atoms with van der Waals surface area (Å²) >= 11 is 0. The Kier molecular flexibility index (Phi) is 6.34. The number of Topliss-reactive ketones (excluding diaryl/α,β-unsaturated/α-hetero) is 1. The van der Waals surface area contributed by atoms with E-state index in [1.807, 2.05) is 0 Å². The highest BCUT2D eigenvalue weighted by atomic mass is 19.3. The Labute approximate surface area is 162 Å². The van der Waals surface area contributed by atoms with Crippen molar-refractivity contribution in [2.24, 2.45) is 5.92 Å². The molecule has 0 aliphatic heterocycles. The van der Waals surface area contributed by atoms with Crippen molar-refractivity contribution >= 4 is 11.7 Å². The van der Waals surface area contributed by atoms with Crippen LogP contribution in [0.25, 0.3) is 0 Å². The number of ketones is 1. The second-order valence-corrected chi connectivity index (χ2v) is 6.88. The molecule has 28 heavy (non-hydrogen) atoms. The van der Waals surface area contributed by atoms with Gasteiger partial charge in [-0.1, -0.05) is 12.1 Å². The number of hydrogen-bond acceptors (Lipinski definition) is 4. The predicted molar refractivity (Wildman–Crippen MR) is 99.5 cm³/mol. The smallest absolute Gasteiger partial charge is 0.272 e. The molecule has 5 nitrogen and oxygen atoms in total. The van der Waals surface area contributed by atoms with Crippen molar-refractivity contribution in [2.45, 2.75) is 39.2 Å². The summed E-state index contributed by atoms with van der Waals surface area (Å²) in [5.41, 5.74) is 2.49. The van der Waals surface area contributed by atoms with Crippen LogP contribution < -0.4 is 10.1 Å². The summed E-state index contributed by atoms with van der Waals surface area (Å²) in [6, 6.07) is 8.34. The molecule has 1 aliphatic rings. The number of nitrogens with zero attached hydrogens (tertiary/aromatic N) is 1. The zero-order chi connectivity index (χ0) is 20.1. The van der Waals surface area contributed by atoms with Gasteiger partial charge in [-0.25, -0.2) is 8.78 Å². The standard InChI is InChI=1S/C21H22F2N2O3/c1-13-16(3-2-4-19(13)28-12-20(22)23)11-25-21(27)15-7-8-24-17(9-15)10-18(26)14-5-6-14/h2-4,7-9,14,20H,5-6,10-12H2,1H3,(H,25,27). The third-order valence-electron chi connectivity index (χ3n) is 4.67. The zero-order valence-electron chi connectivity index (χ0n) is 15.6.